The number of carbonyl (C=O) groups excluding carboxylic acids is 3. The molecule has 0 saturated heterocycles. The Morgan fingerprint density at radius 2 is 2.14 bits per heavy atom. The van der Waals surface area contributed by atoms with Gasteiger partial charge in [0.1, 0.15) is 5.15 Å². The van der Waals surface area contributed by atoms with E-state index in [0.717, 1.165) is 0 Å². The van der Waals surface area contributed by atoms with E-state index in [4.69, 9.17) is 21.1 Å². The van der Waals surface area contributed by atoms with E-state index in [2.05, 4.69) is 10.3 Å². The summed E-state index contributed by atoms with van der Waals surface area (Å²) in [6.45, 7) is -0.0131. The van der Waals surface area contributed by atoms with E-state index in [1.54, 1.807) is 0 Å². The van der Waals surface area contributed by atoms with Crippen molar-refractivity contribution in [2.75, 3.05) is 26.9 Å². The van der Waals surface area contributed by atoms with Crippen molar-refractivity contribution in [2.24, 2.45) is 0 Å². The lowest BCUT2D eigenvalue weighted by Gasteiger charge is -2.07. The van der Waals surface area contributed by atoms with Gasteiger partial charge in [-0.3, -0.25) is 10.1 Å². The van der Waals surface area contributed by atoms with E-state index in [0.29, 0.717) is 6.61 Å². The highest BCUT2D eigenvalue weighted by atomic mass is 35.5. The van der Waals surface area contributed by atoms with Gasteiger partial charge in [-0.1, -0.05) is 11.6 Å². The molecule has 2 N–H and O–H groups in total. The molecule has 0 spiro atoms. The molecular weight excluding hydrogens is 302 g/mol. The Kier molecular flexibility index (Phi) is 7.13. The van der Waals surface area contributed by atoms with Crippen molar-refractivity contribution < 1.29 is 23.9 Å². The molecular formula is C12H14ClN3O5. The molecule has 114 valence electrons. The normalized spacial score (nSPS) is 9.81. The fourth-order valence-electron chi connectivity index (χ4n) is 1.22. The number of amides is 3. The van der Waals surface area contributed by atoms with Gasteiger partial charge in [0.25, 0.3) is 5.91 Å². The second kappa shape index (κ2) is 8.88. The maximum absolute atomic E-state index is 11.6. The predicted octanol–water partition coefficient (Wildman–Crippen LogP) is 0.364. The van der Waals surface area contributed by atoms with Crippen LogP contribution in [0.1, 0.15) is 10.4 Å². The van der Waals surface area contributed by atoms with Crippen molar-refractivity contribution in [3.63, 3.8) is 0 Å². The Balaban J connectivity index is 2.32. The number of hydrogen-bond acceptors (Lipinski definition) is 6. The summed E-state index contributed by atoms with van der Waals surface area (Å²) in [5.41, 5.74) is 0.160. The van der Waals surface area contributed by atoms with Crippen molar-refractivity contribution >= 4 is 29.5 Å². The molecule has 9 heteroatoms. The molecule has 0 fully saturated rings. The first-order valence-electron chi connectivity index (χ1n) is 5.88. The van der Waals surface area contributed by atoms with Crippen LogP contribution in [-0.4, -0.2) is 49.8 Å². The minimum atomic E-state index is -0.751. The number of nitrogens with one attached hydrogen (secondary N) is 2. The Hall–Kier alpha value is -2.19. The number of carbonyl (C=O) groups is 3. The molecule has 0 unspecified atom stereocenters. The van der Waals surface area contributed by atoms with Gasteiger partial charge in [0.15, 0.2) is 6.61 Å². The lowest BCUT2D eigenvalue weighted by molar-refractivity contribution is -0.123. The standard InChI is InChI=1S/C12H14ClN3O5/c1-20-5-4-15-12(19)16-10(17)7-21-11(18)8-2-3-14-9(13)6-8/h2-3,6H,4-5,7H2,1H3,(H2,15,16,17,19). The zero-order chi connectivity index (χ0) is 15.7. The molecule has 0 radical (unpaired) electrons. The monoisotopic (exact) mass is 315 g/mol. The van der Waals surface area contributed by atoms with E-state index in [1.165, 1.54) is 25.4 Å². The zero-order valence-electron chi connectivity index (χ0n) is 11.2. The Labute approximate surface area is 125 Å². The van der Waals surface area contributed by atoms with E-state index in [9.17, 15) is 14.4 Å². The molecule has 0 saturated carbocycles. The number of aromatic nitrogens is 1. The maximum Gasteiger partial charge on any atom is 0.338 e. The highest BCUT2D eigenvalue weighted by molar-refractivity contribution is 6.29. The summed E-state index contributed by atoms with van der Waals surface area (Å²) in [7, 11) is 1.48. The topological polar surface area (TPSA) is 107 Å². The minimum Gasteiger partial charge on any atom is -0.452 e. The summed E-state index contributed by atoms with van der Waals surface area (Å²) in [5, 5.41) is 4.51. The van der Waals surface area contributed by atoms with Crippen LogP contribution in [0.15, 0.2) is 18.3 Å². The molecule has 1 rings (SSSR count). The zero-order valence-corrected chi connectivity index (χ0v) is 12.0. The number of nitrogens with zero attached hydrogens (tertiary/aromatic N) is 1. The Morgan fingerprint density at radius 3 is 2.81 bits per heavy atom. The van der Waals surface area contributed by atoms with Crippen LogP contribution in [0.2, 0.25) is 5.15 Å². The molecule has 0 aliphatic rings. The van der Waals surface area contributed by atoms with Crippen LogP contribution in [0.4, 0.5) is 4.79 Å². The third kappa shape index (κ3) is 6.68. The van der Waals surface area contributed by atoms with E-state index >= 15 is 0 Å². The second-order valence-electron chi connectivity index (χ2n) is 3.74. The fourth-order valence-corrected chi connectivity index (χ4v) is 1.39. The van der Waals surface area contributed by atoms with Gasteiger partial charge in [0.05, 0.1) is 12.2 Å². The summed E-state index contributed by atoms with van der Waals surface area (Å²) >= 11 is 5.62. The number of imide groups is 1. The largest absolute Gasteiger partial charge is 0.452 e. The molecule has 3 amide bonds. The third-order valence-electron chi connectivity index (χ3n) is 2.14. The predicted molar refractivity (Wildman–Crippen MR) is 72.9 cm³/mol. The van der Waals surface area contributed by atoms with Gasteiger partial charge in [-0.15, -0.1) is 0 Å². The highest BCUT2D eigenvalue weighted by Gasteiger charge is 2.12. The van der Waals surface area contributed by atoms with Crippen molar-refractivity contribution in [1.82, 2.24) is 15.6 Å². The van der Waals surface area contributed by atoms with E-state index in [1.807, 2.05) is 5.32 Å². The third-order valence-corrected chi connectivity index (χ3v) is 2.35. The smallest absolute Gasteiger partial charge is 0.338 e. The summed E-state index contributed by atoms with van der Waals surface area (Å²) < 4.78 is 9.45. The lowest BCUT2D eigenvalue weighted by atomic mass is 10.3. The van der Waals surface area contributed by atoms with E-state index in [-0.39, 0.29) is 17.3 Å². The van der Waals surface area contributed by atoms with Gasteiger partial charge in [0.2, 0.25) is 0 Å². The highest BCUT2D eigenvalue weighted by Crippen LogP contribution is 2.08. The lowest BCUT2D eigenvalue weighted by Crippen LogP contribution is -2.42. The van der Waals surface area contributed by atoms with Gasteiger partial charge in [0, 0.05) is 19.9 Å². The van der Waals surface area contributed by atoms with Crippen LogP contribution in [0.25, 0.3) is 0 Å². The van der Waals surface area contributed by atoms with Gasteiger partial charge < -0.3 is 14.8 Å². The maximum atomic E-state index is 11.6. The Bertz CT molecular complexity index is 523. The van der Waals surface area contributed by atoms with Crippen molar-refractivity contribution in [2.45, 2.75) is 0 Å². The van der Waals surface area contributed by atoms with Crippen LogP contribution in [0, 0.1) is 0 Å². The van der Waals surface area contributed by atoms with Gasteiger partial charge in [-0.2, -0.15) is 0 Å². The minimum absolute atomic E-state index is 0.131. The molecule has 0 aromatic carbocycles. The first-order chi connectivity index (χ1) is 10.0. The van der Waals surface area contributed by atoms with Gasteiger partial charge in [-0.05, 0) is 12.1 Å². The van der Waals surface area contributed by atoms with Gasteiger partial charge >= 0.3 is 12.0 Å². The summed E-state index contributed by atoms with van der Waals surface area (Å²) in [6, 6.07) is 2.00. The Morgan fingerprint density at radius 1 is 1.38 bits per heavy atom. The summed E-state index contributed by atoms with van der Waals surface area (Å²) in [4.78, 5) is 37.9. The first-order valence-corrected chi connectivity index (χ1v) is 6.26. The van der Waals surface area contributed by atoms with Crippen LogP contribution >= 0.6 is 11.6 Å². The number of pyridine rings is 1. The van der Waals surface area contributed by atoms with Crippen molar-refractivity contribution in [3.8, 4) is 0 Å². The first kappa shape index (κ1) is 16.9. The summed E-state index contributed by atoms with van der Waals surface area (Å²) in [5.74, 6) is -1.49. The average Bonchev–Trinajstić information content (AvgIpc) is 2.45. The van der Waals surface area contributed by atoms with Crippen LogP contribution in [0.3, 0.4) is 0 Å². The molecule has 0 aliphatic heterocycles. The van der Waals surface area contributed by atoms with Crippen LogP contribution < -0.4 is 10.6 Å². The molecule has 0 atom stereocenters. The molecule has 8 nitrogen and oxygen atoms in total. The van der Waals surface area contributed by atoms with Gasteiger partial charge in [-0.25, -0.2) is 14.6 Å². The number of hydrogen-bond donors (Lipinski definition) is 2. The molecule has 21 heavy (non-hydrogen) atoms. The fraction of sp³-hybridized carbons (Fsp3) is 0.333. The number of methoxy groups -OCH3 is 1. The van der Waals surface area contributed by atoms with E-state index < -0.39 is 24.5 Å². The molecule has 0 aliphatic carbocycles. The molecule has 1 heterocycles. The quantitative estimate of drug-likeness (QED) is 0.446. The number of urea groups is 1. The van der Waals surface area contributed by atoms with Crippen molar-refractivity contribution in [1.29, 1.82) is 0 Å². The number of rotatable bonds is 6. The van der Waals surface area contributed by atoms with Crippen molar-refractivity contribution in [3.05, 3.63) is 29.0 Å². The summed E-state index contributed by atoms with van der Waals surface area (Å²) in [6.07, 6.45) is 1.34. The number of esters is 1. The SMILES string of the molecule is COCCNC(=O)NC(=O)COC(=O)c1ccnc(Cl)c1. The second-order valence-corrected chi connectivity index (χ2v) is 4.13. The molecule has 1 aromatic heterocycles. The van der Waals surface area contributed by atoms with Crippen LogP contribution in [0.5, 0.6) is 0 Å². The average molecular weight is 316 g/mol. The number of halogens is 1. The molecule has 1 aromatic rings. The molecule has 0 bridgehead atoms. The number of ether oxygens (including phenoxy) is 2. The van der Waals surface area contributed by atoms with Crippen LogP contribution in [-0.2, 0) is 14.3 Å².